The molecule has 1 aromatic rings. The van der Waals surface area contributed by atoms with E-state index in [0.29, 0.717) is 6.42 Å². The molecule has 0 bridgehead atoms. The molecule has 84 valence electrons. The molecular weight excluding hydrogens is 208 g/mol. The first-order valence-electron chi connectivity index (χ1n) is 4.79. The maximum Gasteiger partial charge on any atom is 0.245 e. The first kappa shape index (κ1) is 12.0. The van der Waals surface area contributed by atoms with E-state index in [1.807, 2.05) is 0 Å². The zero-order chi connectivity index (χ0) is 11.4. The van der Waals surface area contributed by atoms with Crippen LogP contribution in [0, 0.1) is 11.6 Å². The standard InChI is InChI=1S/C11H12F4/c1-2-3-8(11(14)15)7-4-5-9(12)10(13)6-7/h4-6,8,11H,2-3H2,1H3. The van der Waals surface area contributed by atoms with Crippen LogP contribution >= 0.6 is 0 Å². The van der Waals surface area contributed by atoms with Crippen LogP contribution < -0.4 is 0 Å². The number of benzene rings is 1. The lowest BCUT2D eigenvalue weighted by Gasteiger charge is -2.15. The zero-order valence-corrected chi connectivity index (χ0v) is 8.31. The largest absolute Gasteiger partial charge is 0.245 e. The van der Waals surface area contributed by atoms with Gasteiger partial charge in [-0.2, -0.15) is 0 Å². The van der Waals surface area contributed by atoms with Crippen molar-refractivity contribution < 1.29 is 17.6 Å². The summed E-state index contributed by atoms with van der Waals surface area (Å²) < 4.78 is 50.6. The quantitative estimate of drug-likeness (QED) is 0.670. The Labute approximate surface area is 85.9 Å². The summed E-state index contributed by atoms with van der Waals surface area (Å²) in [4.78, 5) is 0. The van der Waals surface area contributed by atoms with E-state index in [1.165, 1.54) is 6.07 Å². The van der Waals surface area contributed by atoms with Gasteiger partial charge in [-0.25, -0.2) is 17.6 Å². The molecule has 0 aromatic heterocycles. The minimum atomic E-state index is -2.55. The third kappa shape index (κ3) is 2.94. The molecule has 0 saturated heterocycles. The maximum atomic E-state index is 12.8. The van der Waals surface area contributed by atoms with Crippen molar-refractivity contribution in [3.8, 4) is 0 Å². The van der Waals surface area contributed by atoms with Gasteiger partial charge >= 0.3 is 0 Å². The van der Waals surface area contributed by atoms with Crippen molar-refractivity contribution in [3.63, 3.8) is 0 Å². The van der Waals surface area contributed by atoms with Crippen molar-refractivity contribution in [1.82, 2.24) is 0 Å². The van der Waals surface area contributed by atoms with Gasteiger partial charge in [0, 0.05) is 5.92 Å². The highest BCUT2D eigenvalue weighted by Gasteiger charge is 2.22. The van der Waals surface area contributed by atoms with Crippen molar-refractivity contribution >= 4 is 0 Å². The highest BCUT2D eigenvalue weighted by Crippen LogP contribution is 2.28. The van der Waals surface area contributed by atoms with Crippen molar-refractivity contribution in [2.45, 2.75) is 32.1 Å². The Bertz CT molecular complexity index is 322. The van der Waals surface area contributed by atoms with Gasteiger partial charge in [-0.15, -0.1) is 0 Å². The van der Waals surface area contributed by atoms with Gasteiger partial charge in [0.25, 0.3) is 0 Å². The molecule has 0 aliphatic rings. The van der Waals surface area contributed by atoms with Gasteiger partial charge < -0.3 is 0 Å². The van der Waals surface area contributed by atoms with Gasteiger partial charge in [0.1, 0.15) is 0 Å². The number of halogens is 4. The van der Waals surface area contributed by atoms with Crippen molar-refractivity contribution in [2.75, 3.05) is 0 Å². The van der Waals surface area contributed by atoms with E-state index in [2.05, 4.69) is 0 Å². The number of alkyl halides is 2. The molecule has 0 aliphatic carbocycles. The van der Waals surface area contributed by atoms with Gasteiger partial charge in [-0.3, -0.25) is 0 Å². The molecule has 0 N–H and O–H groups in total. The van der Waals surface area contributed by atoms with Crippen molar-refractivity contribution in [2.24, 2.45) is 0 Å². The van der Waals surface area contributed by atoms with Gasteiger partial charge in [0.05, 0.1) is 0 Å². The van der Waals surface area contributed by atoms with Gasteiger partial charge in [-0.1, -0.05) is 19.4 Å². The first-order valence-corrected chi connectivity index (χ1v) is 4.79. The molecule has 1 unspecified atom stereocenters. The molecule has 1 rings (SSSR count). The summed E-state index contributed by atoms with van der Waals surface area (Å²) in [7, 11) is 0. The molecule has 15 heavy (non-hydrogen) atoms. The molecule has 1 atom stereocenters. The van der Waals surface area contributed by atoms with Crippen LogP contribution in [0.25, 0.3) is 0 Å². The van der Waals surface area contributed by atoms with E-state index >= 15 is 0 Å². The Morgan fingerprint density at radius 3 is 2.27 bits per heavy atom. The Balaban J connectivity index is 2.95. The maximum absolute atomic E-state index is 12.8. The second-order valence-electron chi connectivity index (χ2n) is 3.40. The summed E-state index contributed by atoms with van der Waals surface area (Å²) in [5.41, 5.74) is 0.158. The minimum Gasteiger partial charge on any atom is -0.210 e. The van der Waals surface area contributed by atoms with E-state index in [0.717, 1.165) is 12.1 Å². The summed E-state index contributed by atoms with van der Waals surface area (Å²) in [6.07, 6.45) is -1.70. The Hall–Kier alpha value is -1.06. The fraction of sp³-hybridized carbons (Fsp3) is 0.455. The molecular formula is C11H12F4. The average Bonchev–Trinajstić information content (AvgIpc) is 2.18. The normalized spacial score (nSPS) is 13.2. The minimum absolute atomic E-state index is 0.158. The summed E-state index contributed by atoms with van der Waals surface area (Å²) in [5, 5.41) is 0. The molecule has 4 heteroatoms. The number of hydrogen-bond donors (Lipinski definition) is 0. The predicted octanol–water partition coefficient (Wildman–Crippen LogP) is 4.11. The monoisotopic (exact) mass is 220 g/mol. The third-order valence-electron chi connectivity index (χ3n) is 2.28. The molecule has 0 spiro atoms. The van der Waals surface area contributed by atoms with Crippen LogP contribution in [-0.2, 0) is 0 Å². The SMILES string of the molecule is CCCC(c1ccc(F)c(F)c1)C(F)F. The molecule has 0 heterocycles. The van der Waals surface area contributed by atoms with Gasteiger partial charge in [0.15, 0.2) is 11.6 Å². The molecule has 1 aromatic carbocycles. The third-order valence-corrected chi connectivity index (χ3v) is 2.28. The summed E-state index contributed by atoms with van der Waals surface area (Å²) in [6.45, 7) is 1.77. The smallest absolute Gasteiger partial charge is 0.210 e. The van der Waals surface area contributed by atoms with E-state index < -0.39 is 24.0 Å². The van der Waals surface area contributed by atoms with E-state index in [1.54, 1.807) is 6.92 Å². The van der Waals surface area contributed by atoms with Crippen LogP contribution in [0.15, 0.2) is 18.2 Å². The van der Waals surface area contributed by atoms with Crippen LogP contribution in [0.4, 0.5) is 17.6 Å². The van der Waals surface area contributed by atoms with Gasteiger partial charge in [-0.05, 0) is 24.1 Å². The highest BCUT2D eigenvalue weighted by atomic mass is 19.3. The summed E-state index contributed by atoms with van der Waals surface area (Å²) in [6, 6.07) is 2.95. The second-order valence-corrected chi connectivity index (χ2v) is 3.40. The fourth-order valence-corrected chi connectivity index (χ4v) is 1.49. The predicted molar refractivity (Wildman–Crippen MR) is 50.0 cm³/mol. The molecule has 0 amide bonds. The first-order chi connectivity index (χ1) is 7.06. The lowest BCUT2D eigenvalue weighted by atomic mass is 9.95. The Morgan fingerprint density at radius 2 is 1.80 bits per heavy atom. The van der Waals surface area contributed by atoms with Crippen molar-refractivity contribution in [1.29, 1.82) is 0 Å². The van der Waals surface area contributed by atoms with Crippen LogP contribution in [0.5, 0.6) is 0 Å². The van der Waals surface area contributed by atoms with Crippen molar-refractivity contribution in [3.05, 3.63) is 35.4 Å². The molecule has 0 aliphatic heterocycles. The summed E-state index contributed by atoms with van der Waals surface area (Å²) in [5.74, 6) is -3.09. The van der Waals surface area contributed by atoms with Crippen LogP contribution in [0.3, 0.4) is 0 Å². The molecule has 0 nitrogen and oxygen atoms in total. The Morgan fingerprint density at radius 1 is 1.13 bits per heavy atom. The average molecular weight is 220 g/mol. The number of hydrogen-bond acceptors (Lipinski definition) is 0. The van der Waals surface area contributed by atoms with E-state index in [4.69, 9.17) is 0 Å². The van der Waals surface area contributed by atoms with E-state index in [-0.39, 0.29) is 12.0 Å². The van der Waals surface area contributed by atoms with Crippen LogP contribution in [-0.4, -0.2) is 6.43 Å². The highest BCUT2D eigenvalue weighted by molar-refractivity contribution is 5.22. The Kier molecular flexibility index (Phi) is 4.12. The van der Waals surface area contributed by atoms with Gasteiger partial charge in [0.2, 0.25) is 6.43 Å². The fourth-order valence-electron chi connectivity index (χ4n) is 1.49. The lowest BCUT2D eigenvalue weighted by molar-refractivity contribution is 0.109. The molecule has 0 fully saturated rings. The zero-order valence-electron chi connectivity index (χ0n) is 8.31. The number of rotatable bonds is 4. The van der Waals surface area contributed by atoms with E-state index in [9.17, 15) is 17.6 Å². The van der Waals surface area contributed by atoms with Crippen LogP contribution in [0.1, 0.15) is 31.2 Å². The van der Waals surface area contributed by atoms with Crippen LogP contribution in [0.2, 0.25) is 0 Å². The summed E-state index contributed by atoms with van der Waals surface area (Å²) >= 11 is 0. The second kappa shape index (κ2) is 5.14. The molecule has 0 radical (unpaired) electrons. The topological polar surface area (TPSA) is 0 Å². The molecule has 0 saturated carbocycles. The lowest BCUT2D eigenvalue weighted by Crippen LogP contribution is -2.09.